The first-order valence-corrected chi connectivity index (χ1v) is 7.94. The Morgan fingerprint density at radius 2 is 2.09 bits per heavy atom. The van der Waals surface area contributed by atoms with E-state index in [0.29, 0.717) is 13.0 Å². The quantitative estimate of drug-likeness (QED) is 0.758. The van der Waals surface area contributed by atoms with Gasteiger partial charge >= 0.3 is 11.7 Å². The van der Waals surface area contributed by atoms with Gasteiger partial charge in [0.05, 0.1) is 11.5 Å². The number of nitrogens with one attached hydrogen (secondary N) is 1. The van der Waals surface area contributed by atoms with Gasteiger partial charge in [-0.2, -0.15) is 0 Å². The molecule has 1 aromatic rings. The zero-order valence-corrected chi connectivity index (χ0v) is 13.7. The molecule has 0 radical (unpaired) electrons. The second-order valence-electron chi connectivity index (χ2n) is 6.32. The highest BCUT2D eigenvalue weighted by atomic mass is 16.6. The maximum absolute atomic E-state index is 12.2. The molecule has 0 spiro atoms. The molecule has 0 saturated heterocycles. The number of carbonyl (C=O) groups excluding carboxylic acids is 1. The summed E-state index contributed by atoms with van der Waals surface area (Å²) in [6, 6.07) is 1.30. The van der Waals surface area contributed by atoms with Crippen LogP contribution in [0, 0.1) is 5.41 Å². The standard InChI is InChI=1S/C16H24N2O5/c1-16(7-3-4-8-16)14(20)23-11-12(22-2)5-9-18-10-6-13(19)17-15(18)21/h6,10,12H,3-5,7-9,11H2,1-2H3,(H,17,19,21). The van der Waals surface area contributed by atoms with Gasteiger partial charge in [-0.3, -0.25) is 14.6 Å². The first-order chi connectivity index (χ1) is 10.9. The number of hydrogen-bond donors (Lipinski definition) is 1. The van der Waals surface area contributed by atoms with Gasteiger partial charge in [-0.1, -0.05) is 12.8 Å². The number of aromatic amines is 1. The molecule has 0 amide bonds. The highest BCUT2D eigenvalue weighted by Gasteiger charge is 2.37. The van der Waals surface area contributed by atoms with Crippen molar-refractivity contribution >= 4 is 5.97 Å². The van der Waals surface area contributed by atoms with E-state index in [1.165, 1.54) is 16.8 Å². The minimum Gasteiger partial charge on any atom is -0.463 e. The van der Waals surface area contributed by atoms with E-state index in [4.69, 9.17) is 9.47 Å². The molecule has 1 fully saturated rings. The van der Waals surface area contributed by atoms with Gasteiger partial charge in [-0.05, 0) is 26.2 Å². The summed E-state index contributed by atoms with van der Waals surface area (Å²) in [5, 5.41) is 0. The maximum Gasteiger partial charge on any atom is 0.328 e. The van der Waals surface area contributed by atoms with Gasteiger partial charge in [0.15, 0.2) is 0 Å². The number of rotatable bonds is 7. The van der Waals surface area contributed by atoms with E-state index in [1.54, 1.807) is 7.11 Å². The highest BCUT2D eigenvalue weighted by Crippen LogP contribution is 2.38. The van der Waals surface area contributed by atoms with Gasteiger partial charge in [-0.15, -0.1) is 0 Å². The maximum atomic E-state index is 12.2. The number of aromatic nitrogens is 2. The van der Waals surface area contributed by atoms with Crippen LogP contribution in [0.3, 0.4) is 0 Å². The molecule has 1 saturated carbocycles. The summed E-state index contributed by atoms with van der Waals surface area (Å²) in [7, 11) is 1.55. The first-order valence-electron chi connectivity index (χ1n) is 7.94. The van der Waals surface area contributed by atoms with Crippen LogP contribution in [0.15, 0.2) is 21.9 Å². The molecule has 1 aliphatic carbocycles. The third kappa shape index (κ3) is 4.54. The number of hydrogen-bond acceptors (Lipinski definition) is 5. The van der Waals surface area contributed by atoms with Gasteiger partial charge in [0, 0.05) is 25.9 Å². The zero-order valence-electron chi connectivity index (χ0n) is 13.7. The number of H-pyrrole nitrogens is 1. The molecule has 0 aromatic carbocycles. The molecule has 1 N–H and O–H groups in total. The molecule has 23 heavy (non-hydrogen) atoms. The van der Waals surface area contributed by atoms with Crippen molar-refractivity contribution in [2.75, 3.05) is 13.7 Å². The Morgan fingerprint density at radius 1 is 1.39 bits per heavy atom. The zero-order chi connectivity index (χ0) is 16.9. The number of methoxy groups -OCH3 is 1. The Hall–Kier alpha value is -1.89. The van der Waals surface area contributed by atoms with Gasteiger partial charge in [0.1, 0.15) is 6.61 Å². The summed E-state index contributed by atoms with van der Waals surface area (Å²) in [5.74, 6) is -0.168. The summed E-state index contributed by atoms with van der Waals surface area (Å²) >= 11 is 0. The van der Waals surface area contributed by atoms with Gasteiger partial charge in [0.25, 0.3) is 5.56 Å². The topological polar surface area (TPSA) is 90.4 Å². The molecule has 1 unspecified atom stereocenters. The Bertz CT molecular complexity index is 642. The van der Waals surface area contributed by atoms with Crippen LogP contribution in [-0.4, -0.2) is 35.3 Å². The van der Waals surface area contributed by atoms with Crippen LogP contribution in [0.4, 0.5) is 0 Å². The molecule has 0 aliphatic heterocycles. The monoisotopic (exact) mass is 324 g/mol. The minimum absolute atomic E-state index is 0.168. The normalized spacial score (nSPS) is 17.8. The molecule has 1 aromatic heterocycles. The summed E-state index contributed by atoms with van der Waals surface area (Å²) in [4.78, 5) is 37.0. The number of carbonyl (C=O) groups is 1. The van der Waals surface area contributed by atoms with Gasteiger partial charge in [0.2, 0.25) is 0 Å². The summed E-state index contributed by atoms with van der Waals surface area (Å²) in [6.45, 7) is 2.50. The predicted molar refractivity (Wildman–Crippen MR) is 84.3 cm³/mol. The fourth-order valence-electron chi connectivity index (χ4n) is 2.87. The van der Waals surface area contributed by atoms with Gasteiger partial charge in [-0.25, -0.2) is 4.79 Å². The third-order valence-corrected chi connectivity index (χ3v) is 4.52. The smallest absolute Gasteiger partial charge is 0.328 e. The van der Waals surface area contributed by atoms with Crippen molar-refractivity contribution < 1.29 is 14.3 Å². The Morgan fingerprint density at radius 3 is 2.70 bits per heavy atom. The average Bonchev–Trinajstić information content (AvgIpc) is 2.97. The second kappa shape index (κ2) is 7.59. The summed E-state index contributed by atoms with van der Waals surface area (Å²) in [5.41, 5.74) is -1.25. The largest absolute Gasteiger partial charge is 0.463 e. The van der Waals surface area contributed by atoms with Crippen molar-refractivity contribution in [3.8, 4) is 0 Å². The minimum atomic E-state index is -0.456. The van der Waals surface area contributed by atoms with E-state index in [9.17, 15) is 14.4 Å². The SMILES string of the molecule is COC(CCn1ccc(=O)[nH]c1=O)COC(=O)C1(C)CCCC1. The molecular weight excluding hydrogens is 300 g/mol. The fraction of sp³-hybridized carbons (Fsp3) is 0.688. The van der Waals surface area contributed by atoms with Crippen molar-refractivity contribution in [2.45, 2.75) is 51.7 Å². The van der Waals surface area contributed by atoms with Crippen molar-refractivity contribution in [1.82, 2.24) is 9.55 Å². The van der Waals surface area contributed by atoms with E-state index in [1.807, 2.05) is 6.92 Å². The second-order valence-corrected chi connectivity index (χ2v) is 6.32. The van der Waals surface area contributed by atoms with Crippen molar-refractivity contribution in [2.24, 2.45) is 5.41 Å². The lowest BCUT2D eigenvalue weighted by Gasteiger charge is -2.23. The lowest BCUT2D eigenvalue weighted by atomic mass is 9.89. The Balaban J connectivity index is 1.84. The third-order valence-electron chi connectivity index (χ3n) is 4.52. The summed E-state index contributed by atoms with van der Waals surface area (Å²) < 4.78 is 12.1. The van der Waals surface area contributed by atoms with Crippen molar-refractivity contribution in [3.63, 3.8) is 0 Å². The van der Waals surface area contributed by atoms with E-state index >= 15 is 0 Å². The molecule has 7 nitrogen and oxygen atoms in total. The van der Waals surface area contributed by atoms with Crippen LogP contribution in [0.25, 0.3) is 0 Å². The average molecular weight is 324 g/mol. The molecule has 128 valence electrons. The Kier molecular flexibility index (Phi) is 5.76. The van der Waals surface area contributed by atoms with Crippen molar-refractivity contribution in [1.29, 1.82) is 0 Å². The molecule has 1 aliphatic rings. The van der Waals surface area contributed by atoms with Crippen LogP contribution in [0.1, 0.15) is 39.0 Å². The van der Waals surface area contributed by atoms with Crippen LogP contribution >= 0.6 is 0 Å². The lowest BCUT2D eigenvalue weighted by Crippen LogP contribution is -2.32. The summed E-state index contributed by atoms with van der Waals surface area (Å²) in [6.07, 6.45) is 5.53. The predicted octanol–water partition coefficient (Wildman–Crippen LogP) is 1.07. The number of aryl methyl sites for hydroxylation is 1. The molecule has 2 rings (SSSR count). The highest BCUT2D eigenvalue weighted by molar-refractivity contribution is 5.76. The first kappa shape index (κ1) is 17.5. The molecule has 7 heteroatoms. The van der Waals surface area contributed by atoms with Crippen LogP contribution in [0.2, 0.25) is 0 Å². The van der Waals surface area contributed by atoms with E-state index < -0.39 is 11.2 Å². The van der Waals surface area contributed by atoms with Crippen molar-refractivity contribution in [3.05, 3.63) is 33.1 Å². The van der Waals surface area contributed by atoms with Crippen LogP contribution < -0.4 is 11.2 Å². The molecular formula is C16H24N2O5. The fourth-order valence-corrected chi connectivity index (χ4v) is 2.87. The van der Waals surface area contributed by atoms with Crippen LogP contribution in [-0.2, 0) is 20.8 Å². The Labute approximate surface area is 134 Å². The van der Waals surface area contributed by atoms with E-state index in [-0.39, 0.29) is 24.1 Å². The van der Waals surface area contributed by atoms with E-state index in [2.05, 4.69) is 4.98 Å². The van der Waals surface area contributed by atoms with Gasteiger partial charge < -0.3 is 14.0 Å². The lowest BCUT2D eigenvalue weighted by molar-refractivity contribution is -0.158. The number of esters is 1. The molecule has 0 bridgehead atoms. The molecule has 1 atom stereocenters. The van der Waals surface area contributed by atoms with E-state index in [0.717, 1.165) is 25.7 Å². The number of ether oxygens (including phenoxy) is 2. The number of nitrogens with zero attached hydrogens (tertiary/aromatic N) is 1. The molecule has 1 heterocycles. The van der Waals surface area contributed by atoms with Crippen LogP contribution in [0.5, 0.6) is 0 Å².